The van der Waals surface area contributed by atoms with Gasteiger partial charge in [-0.1, -0.05) is 6.07 Å². The van der Waals surface area contributed by atoms with Gasteiger partial charge in [0.2, 0.25) is 0 Å². The van der Waals surface area contributed by atoms with Crippen LogP contribution in [0.1, 0.15) is 28.8 Å². The molecular formula is C15H20N4O. The van der Waals surface area contributed by atoms with E-state index in [1.165, 1.54) is 0 Å². The van der Waals surface area contributed by atoms with Crippen molar-refractivity contribution in [1.82, 2.24) is 14.9 Å². The summed E-state index contributed by atoms with van der Waals surface area (Å²) >= 11 is 0. The first kappa shape index (κ1) is 14.1. The summed E-state index contributed by atoms with van der Waals surface area (Å²) in [4.78, 5) is 15.9. The van der Waals surface area contributed by atoms with Crippen LogP contribution >= 0.6 is 0 Å². The van der Waals surface area contributed by atoms with Crippen molar-refractivity contribution >= 4 is 11.6 Å². The quantitative estimate of drug-likeness (QED) is 0.624. The Labute approximate surface area is 118 Å². The van der Waals surface area contributed by atoms with Gasteiger partial charge in [0, 0.05) is 36.7 Å². The van der Waals surface area contributed by atoms with Crippen LogP contribution in [0.3, 0.4) is 0 Å². The maximum atomic E-state index is 11.9. The van der Waals surface area contributed by atoms with Gasteiger partial charge in [0.25, 0.3) is 5.91 Å². The highest BCUT2D eigenvalue weighted by Gasteiger charge is 2.05. The van der Waals surface area contributed by atoms with Crippen molar-refractivity contribution in [3.8, 4) is 0 Å². The molecule has 3 N–H and O–H groups in total. The topological polar surface area (TPSA) is 72.9 Å². The van der Waals surface area contributed by atoms with Crippen LogP contribution in [-0.4, -0.2) is 22.0 Å². The molecule has 0 radical (unpaired) electrons. The fraction of sp³-hybridized carbons (Fsp3) is 0.333. The van der Waals surface area contributed by atoms with Gasteiger partial charge in [-0.2, -0.15) is 0 Å². The molecule has 1 amide bonds. The summed E-state index contributed by atoms with van der Waals surface area (Å²) in [6.45, 7) is 3.52. The van der Waals surface area contributed by atoms with E-state index in [1.807, 2.05) is 23.8 Å². The summed E-state index contributed by atoms with van der Waals surface area (Å²) in [5.41, 5.74) is 8.05. The predicted octanol–water partition coefficient (Wildman–Crippen LogP) is 1.98. The first-order valence-electron chi connectivity index (χ1n) is 6.77. The molecule has 0 saturated heterocycles. The maximum Gasteiger partial charge on any atom is 0.251 e. The number of rotatable bonds is 6. The van der Waals surface area contributed by atoms with Crippen molar-refractivity contribution in [1.29, 1.82) is 0 Å². The van der Waals surface area contributed by atoms with Crippen molar-refractivity contribution in [2.24, 2.45) is 0 Å². The van der Waals surface area contributed by atoms with Crippen molar-refractivity contribution in [2.75, 3.05) is 12.3 Å². The zero-order valence-electron chi connectivity index (χ0n) is 11.7. The van der Waals surface area contributed by atoms with Crippen LogP contribution in [-0.2, 0) is 6.54 Å². The second-order valence-corrected chi connectivity index (χ2v) is 4.83. The number of carbonyl (C=O) groups is 1. The molecule has 20 heavy (non-hydrogen) atoms. The second-order valence-electron chi connectivity index (χ2n) is 4.83. The lowest BCUT2D eigenvalue weighted by Gasteiger charge is -2.07. The van der Waals surface area contributed by atoms with E-state index >= 15 is 0 Å². The highest BCUT2D eigenvalue weighted by Crippen LogP contribution is 2.12. The van der Waals surface area contributed by atoms with Gasteiger partial charge in [0.15, 0.2) is 0 Å². The van der Waals surface area contributed by atoms with Gasteiger partial charge in [-0.3, -0.25) is 4.79 Å². The molecule has 5 nitrogen and oxygen atoms in total. The van der Waals surface area contributed by atoms with Gasteiger partial charge >= 0.3 is 0 Å². The minimum Gasteiger partial charge on any atom is -0.398 e. The fourth-order valence-corrected chi connectivity index (χ4v) is 1.92. The highest BCUT2D eigenvalue weighted by atomic mass is 16.1. The number of aryl methyl sites for hydroxylation is 2. The van der Waals surface area contributed by atoms with E-state index in [4.69, 9.17) is 5.73 Å². The number of nitrogens with two attached hydrogens (primary N) is 1. The minimum absolute atomic E-state index is 0.0701. The third-order valence-electron chi connectivity index (χ3n) is 3.23. The number of nitrogen functional groups attached to an aromatic ring is 1. The molecule has 2 rings (SSSR count). The predicted molar refractivity (Wildman–Crippen MR) is 79.4 cm³/mol. The molecule has 1 aromatic heterocycles. The Morgan fingerprint density at radius 3 is 2.95 bits per heavy atom. The van der Waals surface area contributed by atoms with E-state index < -0.39 is 0 Å². The van der Waals surface area contributed by atoms with Gasteiger partial charge in [0.05, 0.1) is 6.33 Å². The molecule has 1 aromatic carbocycles. The van der Waals surface area contributed by atoms with E-state index in [1.54, 1.807) is 24.7 Å². The summed E-state index contributed by atoms with van der Waals surface area (Å²) in [6.07, 6.45) is 7.45. The zero-order valence-corrected chi connectivity index (χ0v) is 11.7. The Kier molecular flexibility index (Phi) is 4.76. The van der Waals surface area contributed by atoms with Gasteiger partial charge < -0.3 is 15.6 Å². The number of benzene rings is 1. The van der Waals surface area contributed by atoms with Gasteiger partial charge in [-0.05, 0) is 37.5 Å². The van der Waals surface area contributed by atoms with Crippen molar-refractivity contribution < 1.29 is 4.79 Å². The number of nitrogens with one attached hydrogen (secondary N) is 1. The number of aromatic nitrogens is 2. The number of anilines is 1. The van der Waals surface area contributed by atoms with Crippen LogP contribution < -0.4 is 11.1 Å². The van der Waals surface area contributed by atoms with Crippen LogP contribution in [0.5, 0.6) is 0 Å². The minimum atomic E-state index is -0.0701. The number of hydrogen-bond donors (Lipinski definition) is 2. The molecule has 0 aliphatic carbocycles. The second kappa shape index (κ2) is 6.75. The number of unbranched alkanes of at least 4 members (excludes halogenated alkanes) is 1. The largest absolute Gasteiger partial charge is 0.398 e. The van der Waals surface area contributed by atoms with Crippen LogP contribution in [0.15, 0.2) is 36.9 Å². The van der Waals surface area contributed by atoms with Gasteiger partial charge in [0.1, 0.15) is 0 Å². The van der Waals surface area contributed by atoms with Crippen LogP contribution in [0.25, 0.3) is 0 Å². The molecule has 0 unspecified atom stereocenters. The Balaban J connectivity index is 1.70. The normalized spacial score (nSPS) is 10.4. The summed E-state index contributed by atoms with van der Waals surface area (Å²) in [5, 5.41) is 2.91. The highest BCUT2D eigenvalue weighted by molar-refractivity contribution is 5.95. The van der Waals surface area contributed by atoms with Crippen LogP contribution in [0, 0.1) is 6.92 Å². The lowest BCUT2D eigenvalue weighted by Crippen LogP contribution is -2.24. The molecule has 0 bridgehead atoms. The molecular weight excluding hydrogens is 252 g/mol. The maximum absolute atomic E-state index is 11.9. The third kappa shape index (κ3) is 3.85. The third-order valence-corrected chi connectivity index (χ3v) is 3.23. The van der Waals surface area contributed by atoms with E-state index in [0.29, 0.717) is 17.8 Å². The molecule has 106 valence electrons. The molecule has 1 heterocycles. The number of hydrogen-bond acceptors (Lipinski definition) is 3. The molecule has 0 spiro atoms. The first-order chi connectivity index (χ1) is 9.66. The summed E-state index contributed by atoms with van der Waals surface area (Å²) < 4.78 is 2.03. The number of amides is 1. The summed E-state index contributed by atoms with van der Waals surface area (Å²) in [6, 6.07) is 5.38. The van der Waals surface area contributed by atoms with E-state index in [9.17, 15) is 4.79 Å². The molecule has 0 fully saturated rings. The average Bonchev–Trinajstić information content (AvgIpc) is 2.94. The standard InChI is InChI=1S/C15H20N4O/c1-12-4-5-13(10-14(12)16)15(20)18-6-2-3-8-19-9-7-17-11-19/h4-5,7,9-11H,2-3,6,8,16H2,1H3,(H,18,20). The van der Waals surface area contributed by atoms with E-state index in [-0.39, 0.29) is 5.91 Å². The molecule has 0 aliphatic rings. The molecule has 0 aliphatic heterocycles. The number of carbonyl (C=O) groups excluding carboxylic acids is 1. The summed E-state index contributed by atoms with van der Waals surface area (Å²) in [5.74, 6) is -0.0701. The monoisotopic (exact) mass is 272 g/mol. The van der Waals surface area contributed by atoms with Crippen molar-refractivity contribution in [3.05, 3.63) is 48.0 Å². The smallest absolute Gasteiger partial charge is 0.251 e. The zero-order chi connectivity index (χ0) is 14.4. The van der Waals surface area contributed by atoms with Crippen LogP contribution in [0.2, 0.25) is 0 Å². The first-order valence-corrected chi connectivity index (χ1v) is 6.77. The Morgan fingerprint density at radius 1 is 1.40 bits per heavy atom. The number of imidazole rings is 1. The summed E-state index contributed by atoms with van der Waals surface area (Å²) in [7, 11) is 0. The average molecular weight is 272 g/mol. The SMILES string of the molecule is Cc1ccc(C(=O)NCCCCn2ccnc2)cc1N. The van der Waals surface area contributed by atoms with Gasteiger partial charge in [-0.25, -0.2) is 4.98 Å². The Hall–Kier alpha value is -2.30. The Bertz CT molecular complexity index is 563. The van der Waals surface area contributed by atoms with E-state index in [2.05, 4.69) is 10.3 Å². The molecule has 5 heteroatoms. The van der Waals surface area contributed by atoms with Crippen molar-refractivity contribution in [2.45, 2.75) is 26.3 Å². The molecule has 0 atom stereocenters. The Morgan fingerprint density at radius 2 is 2.25 bits per heavy atom. The number of nitrogens with zero attached hydrogens (tertiary/aromatic N) is 2. The van der Waals surface area contributed by atoms with Gasteiger partial charge in [-0.15, -0.1) is 0 Å². The fourth-order valence-electron chi connectivity index (χ4n) is 1.92. The van der Waals surface area contributed by atoms with Crippen molar-refractivity contribution in [3.63, 3.8) is 0 Å². The van der Waals surface area contributed by atoms with E-state index in [0.717, 1.165) is 24.9 Å². The molecule has 0 saturated carbocycles. The lowest BCUT2D eigenvalue weighted by molar-refractivity contribution is 0.0953. The van der Waals surface area contributed by atoms with Crippen LogP contribution in [0.4, 0.5) is 5.69 Å². The lowest BCUT2D eigenvalue weighted by atomic mass is 10.1. The molecule has 2 aromatic rings.